The van der Waals surface area contributed by atoms with Gasteiger partial charge in [-0.05, 0) is 26.0 Å². The molecule has 0 saturated carbocycles. The van der Waals surface area contributed by atoms with Gasteiger partial charge in [0.1, 0.15) is 18.1 Å². The lowest BCUT2D eigenvalue weighted by atomic mass is 10.1. The van der Waals surface area contributed by atoms with E-state index in [2.05, 4.69) is 0 Å². The summed E-state index contributed by atoms with van der Waals surface area (Å²) in [6.45, 7) is 2.87. The highest BCUT2D eigenvalue weighted by atomic mass is 19.1. The van der Waals surface area contributed by atoms with Gasteiger partial charge >= 0.3 is 5.97 Å². The molecule has 5 nitrogen and oxygen atoms in total. The molecule has 6 heteroatoms. The summed E-state index contributed by atoms with van der Waals surface area (Å²) in [7, 11) is 1.39. The van der Waals surface area contributed by atoms with Crippen molar-refractivity contribution < 1.29 is 23.8 Å². The number of hydrogen-bond donors (Lipinski definition) is 1. The zero-order chi connectivity index (χ0) is 14.6. The average molecular weight is 269 g/mol. The predicted octanol–water partition coefficient (Wildman–Crippen LogP) is 1.77. The molecule has 0 fully saturated rings. The van der Waals surface area contributed by atoms with Gasteiger partial charge in [-0.2, -0.15) is 0 Å². The van der Waals surface area contributed by atoms with Crippen LogP contribution in [0.2, 0.25) is 0 Å². The molecule has 1 amide bonds. The topological polar surface area (TPSA) is 66.8 Å². The second-order valence-corrected chi connectivity index (χ2v) is 4.27. The first-order valence-electron chi connectivity index (χ1n) is 5.73. The van der Waals surface area contributed by atoms with Gasteiger partial charge in [0.25, 0.3) is 5.91 Å². The van der Waals surface area contributed by atoms with E-state index < -0.39 is 24.2 Å². The number of carbonyl (C=O) groups is 2. The van der Waals surface area contributed by atoms with Gasteiger partial charge in [0, 0.05) is 12.1 Å². The third kappa shape index (κ3) is 3.67. The molecule has 1 aromatic rings. The largest absolute Gasteiger partial charge is 0.497 e. The Balaban J connectivity index is 3.06. The Bertz CT molecular complexity index is 488. The van der Waals surface area contributed by atoms with Crippen molar-refractivity contribution >= 4 is 11.9 Å². The third-order valence-electron chi connectivity index (χ3n) is 2.60. The number of carbonyl (C=O) groups excluding carboxylic acids is 1. The number of halogens is 1. The second kappa shape index (κ2) is 6.17. The first-order valence-corrected chi connectivity index (χ1v) is 5.73. The summed E-state index contributed by atoms with van der Waals surface area (Å²) in [6.07, 6.45) is 0. The molecule has 0 spiro atoms. The summed E-state index contributed by atoms with van der Waals surface area (Å²) < 4.78 is 18.6. The van der Waals surface area contributed by atoms with Crippen molar-refractivity contribution in [1.29, 1.82) is 0 Å². The number of methoxy groups -OCH3 is 1. The lowest BCUT2D eigenvalue weighted by Crippen LogP contribution is -2.41. The molecule has 0 unspecified atom stereocenters. The molecule has 0 heterocycles. The Morgan fingerprint density at radius 3 is 2.47 bits per heavy atom. The molecular weight excluding hydrogens is 253 g/mol. The van der Waals surface area contributed by atoms with E-state index in [9.17, 15) is 14.0 Å². The average Bonchev–Trinajstić information content (AvgIpc) is 2.34. The minimum absolute atomic E-state index is 0.171. The Kier molecular flexibility index (Phi) is 4.86. The lowest BCUT2D eigenvalue weighted by Gasteiger charge is -2.25. The van der Waals surface area contributed by atoms with E-state index in [4.69, 9.17) is 9.84 Å². The van der Waals surface area contributed by atoms with Crippen molar-refractivity contribution in [3.05, 3.63) is 29.6 Å². The minimum atomic E-state index is -1.14. The first kappa shape index (κ1) is 14.9. The van der Waals surface area contributed by atoms with Crippen LogP contribution in [0, 0.1) is 5.82 Å². The number of nitrogens with zero attached hydrogens (tertiary/aromatic N) is 1. The fraction of sp³-hybridized carbons (Fsp3) is 0.385. The normalized spacial score (nSPS) is 10.4. The molecule has 0 bridgehead atoms. The maximum absolute atomic E-state index is 13.8. The fourth-order valence-electron chi connectivity index (χ4n) is 1.59. The first-order chi connectivity index (χ1) is 8.86. The third-order valence-corrected chi connectivity index (χ3v) is 2.60. The molecule has 0 radical (unpaired) electrons. The molecular formula is C13H16FNO4. The standard InChI is InChI=1S/C13H16FNO4/c1-8(2)15(7-12(16)17)13(18)10-5-4-9(19-3)6-11(10)14/h4-6,8H,7H2,1-3H3,(H,16,17). The summed E-state index contributed by atoms with van der Waals surface area (Å²) in [4.78, 5) is 23.9. The molecule has 0 aliphatic rings. The Morgan fingerprint density at radius 1 is 1.42 bits per heavy atom. The van der Waals surface area contributed by atoms with Gasteiger partial charge in [0.15, 0.2) is 0 Å². The van der Waals surface area contributed by atoms with Crippen molar-refractivity contribution in [2.45, 2.75) is 19.9 Å². The van der Waals surface area contributed by atoms with Gasteiger partial charge in [0.2, 0.25) is 0 Å². The highest BCUT2D eigenvalue weighted by Gasteiger charge is 2.23. The zero-order valence-corrected chi connectivity index (χ0v) is 11.0. The van der Waals surface area contributed by atoms with Crippen molar-refractivity contribution in [3.8, 4) is 5.75 Å². The van der Waals surface area contributed by atoms with Crippen LogP contribution in [-0.2, 0) is 4.79 Å². The monoisotopic (exact) mass is 269 g/mol. The van der Waals surface area contributed by atoms with Gasteiger partial charge in [0.05, 0.1) is 12.7 Å². The Hall–Kier alpha value is -2.11. The summed E-state index contributed by atoms with van der Waals surface area (Å²) in [6, 6.07) is 3.49. The van der Waals surface area contributed by atoms with E-state index in [1.807, 2.05) is 0 Å². The number of carboxylic acids is 1. The van der Waals surface area contributed by atoms with Gasteiger partial charge in [-0.1, -0.05) is 0 Å². The molecule has 0 aliphatic heterocycles. The lowest BCUT2D eigenvalue weighted by molar-refractivity contribution is -0.138. The van der Waals surface area contributed by atoms with Crippen LogP contribution in [-0.4, -0.2) is 41.6 Å². The van der Waals surface area contributed by atoms with Crippen LogP contribution in [0.4, 0.5) is 4.39 Å². The summed E-state index contributed by atoms with van der Waals surface area (Å²) >= 11 is 0. The molecule has 1 N–H and O–H groups in total. The Labute approximate surface area is 110 Å². The van der Waals surface area contributed by atoms with Crippen LogP contribution in [0.1, 0.15) is 24.2 Å². The SMILES string of the molecule is COc1ccc(C(=O)N(CC(=O)O)C(C)C)c(F)c1. The van der Waals surface area contributed by atoms with E-state index in [1.165, 1.54) is 19.2 Å². The maximum atomic E-state index is 13.8. The van der Waals surface area contributed by atoms with Crippen molar-refractivity contribution in [1.82, 2.24) is 4.90 Å². The number of amides is 1. The molecule has 104 valence electrons. The van der Waals surface area contributed by atoms with Gasteiger partial charge in [-0.3, -0.25) is 9.59 Å². The van der Waals surface area contributed by atoms with Crippen molar-refractivity contribution in [2.24, 2.45) is 0 Å². The van der Waals surface area contributed by atoms with Gasteiger partial charge < -0.3 is 14.7 Å². The molecule has 19 heavy (non-hydrogen) atoms. The van der Waals surface area contributed by atoms with E-state index in [1.54, 1.807) is 13.8 Å². The van der Waals surface area contributed by atoms with Crippen LogP contribution in [0.25, 0.3) is 0 Å². The summed E-state index contributed by atoms with van der Waals surface area (Å²) in [5.41, 5.74) is -0.171. The van der Waals surface area contributed by atoms with Gasteiger partial charge in [-0.15, -0.1) is 0 Å². The number of carboxylic acid groups (broad SMARTS) is 1. The maximum Gasteiger partial charge on any atom is 0.323 e. The van der Waals surface area contributed by atoms with E-state index in [0.717, 1.165) is 11.0 Å². The van der Waals surface area contributed by atoms with E-state index in [0.29, 0.717) is 5.75 Å². The van der Waals surface area contributed by atoms with Crippen LogP contribution in [0.3, 0.4) is 0 Å². The molecule has 0 atom stereocenters. The molecule has 1 rings (SSSR count). The highest BCUT2D eigenvalue weighted by molar-refractivity contribution is 5.96. The number of rotatable bonds is 5. The van der Waals surface area contributed by atoms with Crippen molar-refractivity contribution in [3.63, 3.8) is 0 Å². The van der Waals surface area contributed by atoms with Crippen LogP contribution in [0.15, 0.2) is 18.2 Å². The van der Waals surface area contributed by atoms with E-state index in [-0.39, 0.29) is 11.6 Å². The minimum Gasteiger partial charge on any atom is -0.497 e. The van der Waals surface area contributed by atoms with Crippen molar-refractivity contribution in [2.75, 3.05) is 13.7 Å². The summed E-state index contributed by atoms with van der Waals surface area (Å²) in [5.74, 6) is -2.24. The van der Waals surface area contributed by atoms with E-state index >= 15 is 0 Å². The molecule has 0 aromatic heterocycles. The van der Waals surface area contributed by atoms with Crippen LogP contribution in [0.5, 0.6) is 5.75 Å². The molecule has 0 aliphatic carbocycles. The number of benzene rings is 1. The second-order valence-electron chi connectivity index (χ2n) is 4.27. The molecule has 1 aromatic carbocycles. The quantitative estimate of drug-likeness (QED) is 0.884. The summed E-state index contributed by atoms with van der Waals surface area (Å²) in [5, 5.41) is 8.77. The Morgan fingerprint density at radius 2 is 2.05 bits per heavy atom. The smallest absolute Gasteiger partial charge is 0.323 e. The number of aliphatic carboxylic acids is 1. The fourth-order valence-corrected chi connectivity index (χ4v) is 1.59. The number of hydrogen-bond acceptors (Lipinski definition) is 3. The zero-order valence-electron chi connectivity index (χ0n) is 11.0. The number of ether oxygens (including phenoxy) is 1. The van der Waals surface area contributed by atoms with Crippen LogP contribution < -0.4 is 4.74 Å². The highest BCUT2D eigenvalue weighted by Crippen LogP contribution is 2.18. The predicted molar refractivity (Wildman–Crippen MR) is 66.8 cm³/mol. The van der Waals surface area contributed by atoms with Gasteiger partial charge in [-0.25, -0.2) is 4.39 Å². The van der Waals surface area contributed by atoms with Crippen LogP contribution >= 0.6 is 0 Å². The molecule has 0 saturated heterocycles.